The minimum atomic E-state index is -0.546. The van der Waals surface area contributed by atoms with Crippen LogP contribution >= 0.6 is 11.3 Å². The third kappa shape index (κ3) is 3.65. The zero-order valence-corrected chi connectivity index (χ0v) is 17.3. The Hall–Kier alpha value is -3.65. The minimum Gasteiger partial charge on any atom is -0.378 e. The van der Waals surface area contributed by atoms with Crippen molar-refractivity contribution in [3.8, 4) is 5.69 Å². The van der Waals surface area contributed by atoms with E-state index in [1.165, 1.54) is 15.9 Å². The molecular formula is C22H20N4O3S. The second-order valence-corrected chi connectivity index (χ2v) is 7.89. The zero-order chi connectivity index (χ0) is 21.3. The molecule has 0 aliphatic rings. The highest BCUT2D eigenvalue weighted by atomic mass is 32.1. The monoisotopic (exact) mass is 420 g/mol. The number of carbonyl (C=O) groups is 1. The van der Waals surface area contributed by atoms with Crippen LogP contribution in [0.15, 0.2) is 75.6 Å². The molecule has 0 unspecified atom stereocenters. The fourth-order valence-electron chi connectivity index (χ4n) is 3.23. The highest BCUT2D eigenvalue weighted by molar-refractivity contribution is 7.17. The number of hydrogen-bond donors (Lipinski definition) is 1. The number of nitrogens with one attached hydrogen (secondary N) is 1. The summed E-state index contributed by atoms with van der Waals surface area (Å²) in [6.07, 6.45) is 0. The van der Waals surface area contributed by atoms with E-state index in [1.54, 1.807) is 47.8 Å². The molecule has 2 aromatic heterocycles. The molecule has 152 valence electrons. The van der Waals surface area contributed by atoms with Gasteiger partial charge in [-0.3, -0.25) is 14.2 Å². The molecule has 0 fully saturated rings. The Morgan fingerprint density at radius 3 is 2.37 bits per heavy atom. The molecule has 4 rings (SSSR count). The van der Waals surface area contributed by atoms with Gasteiger partial charge in [0.05, 0.1) is 11.2 Å². The third-order valence-electron chi connectivity index (χ3n) is 4.74. The van der Waals surface area contributed by atoms with Gasteiger partial charge in [-0.25, -0.2) is 9.36 Å². The van der Waals surface area contributed by atoms with E-state index in [0.717, 1.165) is 10.3 Å². The highest BCUT2D eigenvalue weighted by Gasteiger charge is 2.17. The van der Waals surface area contributed by atoms with Crippen LogP contribution in [0.3, 0.4) is 0 Å². The van der Waals surface area contributed by atoms with Gasteiger partial charge in [0.2, 0.25) is 5.91 Å². The van der Waals surface area contributed by atoms with Gasteiger partial charge in [0, 0.05) is 25.5 Å². The van der Waals surface area contributed by atoms with Gasteiger partial charge in [0.25, 0.3) is 5.56 Å². The summed E-state index contributed by atoms with van der Waals surface area (Å²) in [6, 6.07) is 17.8. The maximum atomic E-state index is 13.2. The predicted molar refractivity (Wildman–Crippen MR) is 121 cm³/mol. The lowest BCUT2D eigenvalue weighted by atomic mass is 10.2. The van der Waals surface area contributed by atoms with Crippen LogP contribution in [0.25, 0.3) is 15.9 Å². The predicted octanol–water partition coefficient (Wildman–Crippen LogP) is 2.92. The maximum absolute atomic E-state index is 13.2. The van der Waals surface area contributed by atoms with E-state index in [1.807, 2.05) is 37.2 Å². The van der Waals surface area contributed by atoms with Crippen molar-refractivity contribution >= 4 is 38.8 Å². The van der Waals surface area contributed by atoms with Gasteiger partial charge in [-0.1, -0.05) is 18.2 Å². The molecule has 0 spiro atoms. The Morgan fingerprint density at radius 2 is 1.70 bits per heavy atom. The molecule has 0 aliphatic carbocycles. The summed E-state index contributed by atoms with van der Waals surface area (Å²) < 4.78 is 2.88. The summed E-state index contributed by atoms with van der Waals surface area (Å²) in [4.78, 5) is 40.7. The van der Waals surface area contributed by atoms with Crippen molar-refractivity contribution < 1.29 is 4.79 Å². The van der Waals surface area contributed by atoms with Crippen LogP contribution in [-0.2, 0) is 11.3 Å². The first-order valence-corrected chi connectivity index (χ1v) is 10.2. The molecule has 0 aliphatic heterocycles. The third-order valence-corrected chi connectivity index (χ3v) is 5.63. The smallest absolute Gasteiger partial charge is 0.336 e. The van der Waals surface area contributed by atoms with Gasteiger partial charge in [-0.2, -0.15) is 0 Å². The van der Waals surface area contributed by atoms with Gasteiger partial charge in [0.1, 0.15) is 11.2 Å². The molecule has 1 amide bonds. The normalized spacial score (nSPS) is 10.9. The number of fused-ring (bicyclic) bond motifs is 1. The van der Waals surface area contributed by atoms with Crippen molar-refractivity contribution in [3.63, 3.8) is 0 Å². The largest absolute Gasteiger partial charge is 0.378 e. The average molecular weight is 420 g/mol. The number of thiophene rings is 1. The number of aromatic nitrogens is 2. The lowest BCUT2D eigenvalue weighted by molar-refractivity contribution is -0.116. The first-order valence-electron chi connectivity index (χ1n) is 9.31. The lowest BCUT2D eigenvalue weighted by Crippen LogP contribution is -2.40. The van der Waals surface area contributed by atoms with Gasteiger partial charge >= 0.3 is 5.69 Å². The fraction of sp³-hybridized carbons (Fsp3) is 0.136. The SMILES string of the molecule is CN(C)c1ccc(NC(=O)Cn2c(=O)n(-c3ccccc3)c(=O)c3sccc32)cc1. The number of rotatable bonds is 5. The Balaban J connectivity index is 1.70. The van der Waals surface area contributed by atoms with Crippen LogP contribution < -0.4 is 21.5 Å². The van der Waals surface area contributed by atoms with E-state index in [2.05, 4.69) is 5.32 Å². The summed E-state index contributed by atoms with van der Waals surface area (Å²) in [6.45, 7) is -0.200. The van der Waals surface area contributed by atoms with Crippen molar-refractivity contribution in [3.05, 3.63) is 86.9 Å². The summed E-state index contributed by atoms with van der Waals surface area (Å²) in [5.74, 6) is -0.347. The Labute approximate surface area is 176 Å². The molecular weight excluding hydrogens is 400 g/mol. The standard InChI is InChI=1S/C22H20N4O3S/c1-24(2)16-10-8-15(9-11-16)23-19(27)14-25-18-12-13-30-20(18)21(28)26(22(25)29)17-6-4-3-5-7-17/h3-13H,14H2,1-2H3,(H,23,27). The Kier molecular flexibility index (Phi) is 5.24. The second-order valence-electron chi connectivity index (χ2n) is 6.97. The van der Waals surface area contributed by atoms with Crippen molar-refractivity contribution in [2.24, 2.45) is 0 Å². The molecule has 2 heterocycles. The molecule has 4 aromatic rings. The van der Waals surface area contributed by atoms with Gasteiger partial charge < -0.3 is 10.2 Å². The van der Waals surface area contributed by atoms with E-state index in [9.17, 15) is 14.4 Å². The van der Waals surface area contributed by atoms with E-state index >= 15 is 0 Å². The van der Waals surface area contributed by atoms with Crippen molar-refractivity contribution in [1.29, 1.82) is 0 Å². The summed E-state index contributed by atoms with van der Waals surface area (Å²) in [7, 11) is 3.88. The second kappa shape index (κ2) is 8.00. The lowest BCUT2D eigenvalue weighted by Gasteiger charge is -2.14. The first-order chi connectivity index (χ1) is 14.5. The number of amides is 1. The number of hydrogen-bond acceptors (Lipinski definition) is 5. The number of para-hydroxylation sites is 1. The number of carbonyl (C=O) groups excluding carboxylic acids is 1. The molecule has 1 N–H and O–H groups in total. The molecule has 0 saturated heterocycles. The van der Waals surface area contributed by atoms with Crippen LogP contribution in [-0.4, -0.2) is 29.1 Å². The van der Waals surface area contributed by atoms with Crippen molar-refractivity contribution in [2.45, 2.75) is 6.54 Å². The molecule has 8 heteroatoms. The summed E-state index contributed by atoms with van der Waals surface area (Å²) >= 11 is 1.25. The molecule has 30 heavy (non-hydrogen) atoms. The summed E-state index contributed by atoms with van der Waals surface area (Å²) in [5.41, 5.74) is 1.65. The molecule has 0 radical (unpaired) electrons. The maximum Gasteiger partial charge on any atom is 0.336 e. The van der Waals surface area contributed by atoms with Crippen LogP contribution in [0.4, 0.5) is 11.4 Å². The van der Waals surface area contributed by atoms with Crippen LogP contribution in [0.5, 0.6) is 0 Å². The molecule has 2 aromatic carbocycles. The van der Waals surface area contributed by atoms with Crippen LogP contribution in [0.2, 0.25) is 0 Å². The van der Waals surface area contributed by atoms with E-state index < -0.39 is 5.69 Å². The highest BCUT2D eigenvalue weighted by Crippen LogP contribution is 2.18. The minimum absolute atomic E-state index is 0.200. The van der Waals surface area contributed by atoms with Crippen LogP contribution in [0, 0.1) is 0 Å². The Bertz CT molecular complexity index is 1320. The average Bonchev–Trinajstić information content (AvgIpc) is 3.23. The van der Waals surface area contributed by atoms with E-state index in [4.69, 9.17) is 0 Å². The quantitative estimate of drug-likeness (QED) is 0.539. The van der Waals surface area contributed by atoms with Crippen molar-refractivity contribution in [2.75, 3.05) is 24.3 Å². The Morgan fingerprint density at radius 1 is 1.00 bits per heavy atom. The van der Waals surface area contributed by atoms with Gasteiger partial charge in [-0.15, -0.1) is 11.3 Å². The van der Waals surface area contributed by atoms with Gasteiger partial charge in [-0.05, 0) is 47.8 Å². The molecule has 0 atom stereocenters. The van der Waals surface area contributed by atoms with Crippen LogP contribution in [0.1, 0.15) is 0 Å². The van der Waals surface area contributed by atoms with E-state index in [-0.39, 0.29) is 18.0 Å². The van der Waals surface area contributed by atoms with Gasteiger partial charge in [0.15, 0.2) is 0 Å². The first kappa shape index (κ1) is 19.7. The molecule has 0 bridgehead atoms. The topological polar surface area (TPSA) is 76.3 Å². The summed E-state index contributed by atoms with van der Waals surface area (Å²) in [5, 5.41) is 4.56. The van der Waals surface area contributed by atoms with E-state index in [0.29, 0.717) is 21.6 Å². The van der Waals surface area contributed by atoms with Crippen molar-refractivity contribution in [1.82, 2.24) is 9.13 Å². The number of anilines is 2. The number of nitrogens with zero attached hydrogens (tertiary/aromatic N) is 3. The zero-order valence-electron chi connectivity index (χ0n) is 16.5. The number of benzene rings is 2. The molecule has 7 nitrogen and oxygen atoms in total. The fourth-order valence-corrected chi connectivity index (χ4v) is 4.06. The molecule has 0 saturated carbocycles.